The van der Waals surface area contributed by atoms with E-state index in [9.17, 15) is 5.11 Å². The minimum absolute atomic E-state index is 0.170. The van der Waals surface area contributed by atoms with Gasteiger partial charge in [0.05, 0.1) is 11.0 Å². The molecule has 1 aromatic carbocycles. The van der Waals surface area contributed by atoms with Crippen molar-refractivity contribution in [3.05, 3.63) is 57.6 Å². The van der Waals surface area contributed by atoms with E-state index in [-0.39, 0.29) is 5.92 Å². The number of β-amino-alcohol motifs (C(OH)–C–C–N with tert-alkyl or cyclic N) is 1. The number of nitrogens with zero attached hydrogens (tertiary/aromatic N) is 4. The third-order valence-electron chi connectivity index (χ3n) is 5.45. The predicted octanol–water partition coefficient (Wildman–Crippen LogP) is 2.49. The topological polar surface area (TPSA) is 73.6 Å². The first kappa shape index (κ1) is 20.0. The van der Waals surface area contributed by atoms with E-state index in [1.807, 2.05) is 45.2 Å². The fourth-order valence-corrected chi connectivity index (χ4v) is 4.06. The molecule has 0 aliphatic carbocycles. The fourth-order valence-electron chi connectivity index (χ4n) is 3.88. The van der Waals surface area contributed by atoms with Crippen molar-refractivity contribution in [2.24, 2.45) is 10.9 Å². The van der Waals surface area contributed by atoms with Gasteiger partial charge in [-0.3, -0.25) is 9.89 Å². The molecule has 2 aliphatic rings. The molecule has 2 aliphatic heterocycles. The number of aryl methyl sites for hydroxylation is 1. The molecule has 0 saturated carbocycles. The maximum Gasteiger partial charge on any atom is 0.160 e. The lowest BCUT2D eigenvalue weighted by Gasteiger charge is -2.21. The Labute approximate surface area is 175 Å². The van der Waals surface area contributed by atoms with Gasteiger partial charge in [-0.05, 0) is 51.0 Å². The first-order chi connectivity index (χ1) is 13.8. The van der Waals surface area contributed by atoms with Crippen LogP contribution in [0.4, 0.5) is 11.5 Å². The number of anilines is 2. The zero-order valence-corrected chi connectivity index (χ0v) is 17.7. The van der Waals surface area contributed by atoms with E-state index in [1.54, 1.807) is 0 Å². The second-order valence-electron chi connectivity index (χ2n) is 8.17. The van der Waals surface area contributed by atoms with Gasteiger partial charge in [0, 0.05) is 42.5 Å². The maximum atomic E-state index is 10.2. The van der Waals surface area contributed by atoms with E-state index in [0.29, 0.717) is 23.2 Å². The number of likely N-dealkylation sites (tertiary alicyclic amines) is 1. The number of fused-ring (bicyclic) bond motifs is 1. The molecule has 4 rings (SSSR count). The van der Waals surface area contributed by atoms with Crippen LogP contribution in [0, 0.1) is 19.8 Å². The van der Waals surface area contributed by atoms with E-state index < -0.39 is 5.60 Å². The molecule has 2 aromatic rings. The molecule has 152 valence electrons. The van der Waals surface area contributed by atoms with Gasteiger partial charge in [-0.1, -0.05) is 23.7 Å². The van der Waals surface area contributed by atoms with E-state index in [4.69, 9.17) is 11.6 Å². The Morgan fingerprint density at radius 2 is 2.14 bits per heavy atom. The summed E-state index contributed by atoms with van der Waals surface area (Å²) in [5.41, 5.74) is 1.27. The van der Waals surface area contributed by atoms with Crippen LogP contribution < -0.4 is 16.0 Å². The summed E-state index contributed by atoms with van der Waals surface area (Å²) >= 11 is 6.27. The van der Waals surface area contributed by atoms with Crippen LogP contribution in [0.25, 0.3) is 6.08 Å². The van der Waals surface area contributed by atoms with Crippen molar-refractivity contribution in [3.63, 3.8) is 0 Å². The lowest BCUT2D eigenvalue weighted by atomic mass is 10.1. The number of nitrogens with one attached hydrogen (secondary N) is 1. The van der Waals surface area contributed by atoms with Crippen LogP contribution in [0.2, 0.25) is 5.02 Å². The molecule has 1 aromatic heterocycles. The summed E-state index contributed by atoms with van der Waals surface area (Å²) in [5, 5.41) is 15.9. The molecular weight excluding hydrogens is 386 g/mol. The number of hydrogen-bond acceptors (Lipinski definition) is 6. The molecule has 3 heterocycles. The van der Waals surface area contributed by atoms with Gasteiger partial charge in [-0.2, -0.15) is 0 Å². The molecule has 7 heteroatoms. The van der Waals surface area contributed by atoms with Crippen molar-refractivity contribution >= 4 is 29.2 Å². The summed E-state index contributed by atoms with van der Waals surface area (Å²) in [4.78, 5) is 16.1. The van der Waals surface area contributed by atoms with Crippen molar-refractivity contribution in [1.29, 1.82) is 0 Å². The summed E-state index contributed by atoms with van der Waals surface area (Å²) in [6.07, 6.45) is 6.85. The number of rotatable bonds is 4. The molecule has 1 saturated heterocycles. The molecule has 29 heavy (non-hydrogen) atoms. The van der Waals surface area contributed by atoms with Crippen LogP contribution in [0.1, 0.15) is 24.7 Å². The highest BCUT2D eigenvalue weighted by Gasteiger charge is 2.31. The van der Waals surface area contributed by atoms with E-state index >= 15 is 0 Å². The second-order valence-corrected chi connectivity index (χ2v) is 8.58. The predicted molar refractivity (Wildman–Crippen MR) is 116 cm³/mol. The number of hydrogen-bond donors (Lipinski definition) is 2. The molecule has 2 N–H and O–H groups in total. The number of benzene rings is 1. The highest BCUT2D eigenvalue weighted by molar-refractivity contribution is 6.31. The smallest absolute Gasteiger partial charge is 0.160 e. The Morgan fingerprint density at radius 3 is 2.90 bits per heavy atom. The van der Waals surface area contributed by atoms with Gasteiger partial charge in [-0.15, -0.1) is 0 Å². The van der Waals surface area contributed by atoms with Crippen molar-refractivity contribution in [3.8, 4) is 0 Å². The van der Waals surface area contributed by atoms with Gasteiger partial charge in [-0.25, -0.2) is 9.97 Å². The quantitative estimate of drug-likeness (QED) is 0.808. The van der Waals surface area contributed by atoms with Crippen LogP contribution in [-0.2, 0) is 0 Å². The molecule has 0 bridgehead atoms. The number of halogens is 1. The van der Waals surface area contributed by atoms with Crippen molar-refractivity contribution in [2.75, 3.05) is 25.0 Å². The monoisotopic (exact) mass is 411 g/mol. The van der Waals surface area contributed by atoms with Gasteiger partial charge in [0.2, 0.25) is 0 Å². The average Bonchev–Trinajstić information content (AvgIpc) is 2.86. The Balaban J connectivity index is 1.66. The van der Waals surface area contributed by atoms with Gasteiger partial charge in [0.1, 0.15) is 11.2 Å². The Bertz CT molecular complexity index is 1080. The summed E-state index contributed by atoms with van der Waals surface area (Å²) in [6.45, 7) is 8.19. The van der Waals surface area contributed by atoms with Gasteiger partial charge in [0.25, 0.3) is 0 Å². The molecule has 0 amide bonds. The van der Waals surface area contributed by atoms with E-state index in [0.717, 1.165) is 41.5 Å². The van der Waals surface area contributed by atoms with Crippen LogP contribution in [-0.4, -0.2) is 45.2 Å². The number of aliphatic hydroxyl groups is 1. The maximum absolute atomic E-state index is 10.2. The first-order valence-corrected chi connectivity index (χ1v) is 10.3. The SMILES string of the molecule is Cc1nc(Nc2cccc(Cl)c2C)c2c(n1)=CC(CN1CC[C@](C)(O)C1)C=CN=2. The van der Waals surface area contributed by atoms with Crippen LogP contribution in [0.3, 0.4) is 0 Å². The highest BCUT2D eigenvalue weighted by atomic mass is 35.5. The molecular formula is C22H26ClN5O. The Hall–Kier alpha value is -2.28. The van der Waals surface area contributed by atoms with Gasteiger partial charge in [0.15, 0.2) is 5.82 Å². The Kier molecular flexibility index (Phi) is 5.42. The van der Waals surface area contributed by atoms with E-state index in [2.05, 4.69) is 37.3 Å². The summed E-state index contributed by atoms with van der Waals surface area (Å²) in [6, 6.07) is 5.76. The average molecular weight is 412 g/mol. The molecule has 0 spiro atoms. The first-order valence-electron chi connectivity index (χ1n) is 9.89. The summed E-state index contributed by atoms with van der Waals surface area (Å²) < 4.78 is 0. The zero-order chi connectivity index (χ0) is 20.6. The Morgan fingerprint density at radius 1 is 1.31 bits per heavy atom. The van der Waals surface area contributed by atoms with Crippen molar-refractivity contribution in [1.82, 2.24) is 14.9 Å². The fraction of sp³-hybridized carbons (Fsp3) is 0.409. The number of aromatic nitrogens is 2. The highest BCUT2D eigenvalue weighted by Crippen LogP contribution is 2.25. The van der Waals surface area contributed by atoms with E-state index in [1.165, 1.54) is 0 Å². The zero-order valence-electron chi connectivity index (χ0n) is 17.0. The van der Waals surface area contributed by atoms with Crippen molar-refractivity contribution in [2.45, 2.75) is 32.8 Å². The third-order valence-corrected chi connectivity index (χ3v) is 5.86. The molecule has 6 nitrogen and oxygen atoms in total. The molecule has 1 fully saturated rings. The summed E-state index contributed by atoms with van der Waals surface area (Å²) in [5.74, 6) is 1.52. The minimum Gasteiger partial charge on any atom is -0.389 e. The summed E-state index contributed by atoms with van der Waals surface area (Å²) in [7, 11) is 0. The van der Waals surface area contributed by atoms with Gasteiger partial charge >= 0.3 is 0 Å². The lowest BCUT2D eigenvalue weighted by molar-refractivity contribution is 0.0683. The standard InChI is InChI=1S/C22H26ClN5O/c1-14-17(23)5-4-6-18(14)27-21-20-19(25-15(2)26-21)11-16(7-9-24-20)12-28-10-8-22(3,29)13-28/h4-7,9,11,16,29H,8,10,12-13H2,1-3H3,(H,25,26,27)/t16?,22-/m0/s1. The molecule has 2 atom stereocenters. The van der Waals surface area contributed by atoms with Gasteiger partial charge < -0.3 is 10.4 Å². The van der Waals surface area contributed by atoms with Crippen molar-refractivity contribution < 1.29 is 5.11 Å². The van der Waals surface area contributed by atoms with Crippen LogP contribution in [0.15, 0.2) is 35.5 Å². The normalized spacial score (nSPS) is 23.8. The second kappa shape index (κ2) is 7.86. The van der Waals surface area contributed by atoms with Crippen LogP contribution >= 0.6 is 11.6 Å². The molecule has 0 radical (unpaired) electrons. The third kappa shape index (κ3) is 4.50. The lowest BCUT2D eigenvalue weighted by Crippen LogP contribution is -2.35. The largest absolute Gasteiger partial charge is 0.389 e. The van der Waals surface area contributed by atoms with Crippen LogP contribution in [0.5, 0.6) is 0 Å². The minimum atomic E-state index is -0.596. The molecule has 1 unspecified atom stereocenters.